The van der Waals surface area contributed by atoms with Crippen molar-refractivity contribution in [3.05, 3.63) is 24.3 Å². The summed E-state index contributed by atoms with van der Waals surface area (Å²) in [7, 11) is 0. The van der Waals surface area contributed by atoms with Gasteiger partial charge in [-0.1, -0.05) is 0 Å². The number of hydrogen-bond acceptors (Lipinski definition) is 6. The Balaban J connectivity index is 2.06. The van der Waals surface area contributed by atoms with Crippen LogP contribution < -0.4 is 0 Å². The molecule has 14 heavy (non-hydrogen) atoms. The Morgan fingerprint density at radius 2 is 1.21 bits per heavy atom. The molecule has 0 unspecified atom stereocenters. The minimum Gasteiger partial charge on any atom is -0.403 e. The summed E-state index contributed by atoms with van der Waals surface area (Å²) in [5.74, 6) is -0.858. The van der Waals surface area contributed by atoms with Crippen molar-refractivity contribution in [2.75, 3.05) is 0 Å². The van der Waals surface area contributed by atoms with Gasteiger partial charge in [0, 0.05) is 24.3 Å². The molecule has 2 aliphatic heterocycles. The molecule has 2 aliphatic rings. The number of carbonyl (C=O) groups is 2. The standard InChI is InChI=1S/C8H4N2O4/c11-7-3-1-5(13-7)9-10-6-2-4-8(12)14-6/h1-4H/b9-5-,10-6+. The fourth-order valence-electron chi connectivity index (χ4n) is 0.827. The van der Waals surface area contributed by atoms with E-state index in [0.717, 1.165) is 0 Å². The van der Waals surface area contributed by atoms with E-state index < -0.39 is 11.9 Å². The van der Waals surface area contributed by atoms with Crippen molar-refractivity contribution in [2.45, 2.75) is 0 Å². The summed E-state index contributed by atoms with van der Waals surface area (Å²) in [6.45, 7) is 0. The highest BCUT2D eigenvalue weighted by atomic mass is 16.6. The molecule has 0 N–H and O–H groups in total. The summed E-state index contributed by atoms with van der Waals surface area (Å²) >= 11 is 0. The molecule has 0 aromatic carbocycles. The van der Waals surface area contributed by atoms with Crippen LogP contribution in [0.4, 0.5) is 0 Å². The van der Waals surface area contributed by atoms with E-state index in [1.165, 1.54) is 24.3 Å². The van der Waals surface area contributed by atoms with Gasteiger partial charge in [-0.3, -0.25) is 0 Å². The SMILES string of the molecule is O=C1C=C/C(=N/N=C2\C=CC(=O)O2)O1. The molecule has 0 radical (unpaired) electrons. The van der Waals surface area contributed by atoms with Gasteiger partial charge in [-0.15, -0.1) is 10.2 Å². The fourth-order valence-corrected chi connectivity index (χ4v) is 0.827. The van der Waals surface area contributed by atoms with E-state index in [4.69, 9.17) is 0 Å². The zero-order valence-electron chi connectivity index (χ0n) is 6.84. The van der Waals surface area contributed by atoms with Crippen LogP contribution in [0.1, 0.15) is 0 Å². The van der Waals surface area contributed by atoms with Crippen LogP contribution in [0, 0.1) is 0 Å². The number of ether oxygens (including phenoxy) is 2. The Labute approximate surface area is 78.2 Å². The van der Waals surface area contributed by atoms with Crippen molar-refractivity contribution in [3.63, 3.8) is 0 Å². The van der Waals surface area contributed by atoms with E-state index in [9.17, 15) is 9.59 Å². The topological polar surface area (TPSA) is 77.3 Å². The third-order valence-corrected chi connectivity index (χ3v) is 1.38. The number of cyclic esters (lactones) is 2. The van der Waals surface area contributed by atoms with Gasteiger partial charge in [0.15, 0.2) is 0 Å². The molecule has 2 rings (SSSR count). The Kier molecular flexibility index (Phi) is 1.94. The van der Waals surface area contributed by atoms with Crippen LogP contribution in [0.15, 0.2) is 34.5 Å². The third kappa shape index (κ3) is 1.74. The lowest BCUT2D eigenvalue weighted by Crippen LogP contribution is -2.01. The maximum Gasteiger partial charge on any atom is 0.337 e. The van der Waals surface area contributed by atoms with Gasteiger partial charge in [-0.2, -0.15) is 0 Å². The van der Waals surface area contributed by atoms with E-state index in [-0.39, 0.29) is 11.8 Å². The molecule has 0 fully saturated rings. The maximum atomic E-state index is 10.6. The number of esters is 2. The van der Waals surface area contributed by atoms with Crippen LogP contribution in [0.2, 0.25) is 0 Å². The predicted molar refractivity (Wildman–Crippen MR) is 45.3 cm³/mol. The maximum absolute atomic E-state index is 10.6. The Morgan fingerprint density at radius 1 is 0.786 bits per heavy atom. The highest BCUT2D eigenvalue weighted by Crippen LogP contribution is 2.01. The summed E-state index contributed by atoms with van der Waals surface area (Å²) < 4.78 is 9.15. The first-order chi connectivity index (χ1) is 6.74. The Bertz CT molecular complexity index is 377. The second-order valence-electron chi connectivity index (χ2n) is 2.39. The molecular weight excluding hydrogens is 188 g/mol. The average molecular weight is 192 g/mol. The van der Waals surface area contributed by atoms with Crippen molar-refractivity contribution in [1.29, 1.82) is 0 Å². The normalized spacial score (nSPS) is 24.9. The van der Waals surface area contributed by atoms with E-state index in [0.29, 0.717) is 0 Å². The molecule has 6 nitrogen and oxygen atoms in total. The van der Waals surface area contributed by atoms with Gasteiger partial charge in [0.2, 0.25) is 11.8 Å². The van der Waals surface area contributed by atoms with Crippen LogP contribution in [0.5, 0.6) is 0 Å². The quantitative estimate of drug-likeness (QED) is 0.430. The predicted octanol–water partition coefficient (Wildman–Crippen LogP) is -0.0756. The summed E-state index contributed by atoms with van der Waals surface area (Å²) in [6.07, 6.45) is 5.17. The second-order valence-corrected chi connectivity index (χ2v) is 2.39. The molecule has 0 bridgehead atoms. The smallest absolute Gasteiger partial charge is 0.337 e. The van der Waals surface area contributed by atoms with Crippen LogP contribution >= 0.6 is 0 Å². The molecule has 0 atom stereocenters. The molecular formula is C8H4N2O4. The van der Waals surface area contributed by atoms with E-state index in [1.807, 2.05) is 0 Å². The lowest BCUT2D eigenvalue weighted by molar-refractivity contribution is -0.130. The van der Waals surface area contributed by atoms with Crippen LogP contribution in [-0.2, 0) is 19.1 Å². The van der Waals surface area contributed by atoms with Crippen molar-refractivity contribution in [3.8, 4) is 0 Å². The minimum absolute atomic E-state index is 0.0684. The zero-order valence-corrected chi connectivity index (χ0v) is 6.84. The molecule has 0 saturated carbocycles. The largest absolute Gasteiger partial charge is 0.403 e. The highest BCUT2D eigenvalue weighted by molar-refractivity contribution is 6.09. The monoisotopic (exact) mass is 192 g/mol. The van der Waals surface area contributed by atoms with Gasteiger partial charge in [0.25, 0.3) is 0 Å². The van der Waals surface area contributed by atoms with Crippen molar-refractivity contribution < 1.29 is 19.1 Å². The molecule has 0 spiro atoms. The highest BCUT2D eigenvalue weighted by Gasteiger charge is 2.13. The van der Waals surface area contributed by atoms with Crippen molar-refractivity contribution in [2.24, 2.45) is 10.2 Å². The summed E-state index contributed by atoms with van der Waals surface area (Å²) in [4.78, 5) is 21.1. The van der Waals surface area contributed by atoms with E-state index in [1.54, 1.807) is 0 Å². The molecule has 70 valence electrons. The Morgan fingerprint density at radius 3 is 1.50 bits per heavy atom. The molecule has 0 saturated heterocycles. The number of hydrogen-bond donors (Lipinski definition) is 0. The van der Waals surface area contributed by atoms with Gasteiger partial charge < -0.3 is 9.47 Å². The number of rotatable bonds is 1. The van der Waals surface area contributed by atoms with Gasteiger partial charge in [0.05, 0.1) is 0 Å². The van der Waals surface area contributed by atoms with Gasteiger partial charge in [0.1, 0.15) is 0 Å². The van der Waals surface area contributed by atoms with Gasteiger partial charge >= 0.3 is 11.9 Å². The summed E-state index contributed by atoms with van der Waals surface area (Å²) in [5.41, 5.74) is 0. The lowest BCUT2D eigenvalue weighted by atomic mass is 10.5. The first-order valence-corrected chi connectivity index (χ1v) is 3.69. The average Bonchev–Trinajstić information content (AvgIpc) is 2.72. The van der Waals surface area contributed by atoms with Crippen LogP contribution in [-0.4, -0.2) is 23.7 Å². The molecule has 2 heterocycles. The van der Waals surface area contributed by atoms with Crippen molar-refractivity contribution >= 4 is 23.7 Å². The summed E-state index contributed by atoms with van der Waals surface area (Å²) in [5, 5.41) is 7.07. The summed E-state index contributed by atoms with van der Waals surface area (Å²) in [6, 6.07) is 0. The zero-order chi connectivity index (χ0) is 9.97. The lowest BCUT2D eigenvalue weighted by Gasteiger charge is -1.92. The van der Waals surface area contributed by atoms with E-state index in [2.05, 4.69) is 19.7 Å². The third-order valence-electron chi connectivity index (χ3n) is 1.38. The molecule has 0 aromatic heterocycles. The van der Waals surface area contributed by atoms with E-state index >= 15 is 0 Å². The molecule has 0 aliphatic carbocycles. The molecule has 0 aromatic rings. The number of carbonyl (C=O) groups excluding carboxylic acids is 2. The second kappa shape index (κ2) is 3.25. The van der Waals surface area contributed by atoms with Crippen molar-refractivity contribution in [1.82, 2.24) is 0 Å². The van der Waals surface area contributed by atoms with Crippen LogP contribution in [0.25, 0.3) is 0 Å². The van der Waals surface area contributed by atoms with Gasteiger partial charge in [-0.05, 0) is 0 Å². The minimum atomic E-state index is -0.497. The molecule has 6 heteroatoms. The Hall–Kier alpha value is -2.24. The number of nitrogens with zero attached hydrogens (tertiary/aromatic N) is 2. The molecule has 0 amide bonds. The fraction of sp³-hybridized carbons (Fsp3) is 0. The first-order valence-electron chi connectivity index (χ1n) is 3.69. The first kappa shape index (κ1) is 8.36. The van der Waals surface area contributed by atoms with Gasteiger partial charge in [-0.25, -0.2) is 9.59 Å². The van der Waals surface area contributed by atoms with Crippen LogP contribution in [0.3, 0.4) is 0 Å².